The van der Waals surface area contributed by atoms with Gasteiger partial charge < -0.3 is 9.84 Å². The molecule has 0 fully saturated rings. The Bertz CT molecular complexity index is 235. The molecule has 0 heterocycles. The van der Waals surface area contributed by atoms with Crippen LogP contribution in [0.2, 0.25) is 0 Å². The van der Waals surface area contributed by atoms with E-state index >= 15 is 0 Å². The molecule has 0 saturated carbocycles. The summed E-state index contributed by atoms with van der Waals surface area (Å²) in [7, 11) is 0. The maximum Gasteiger partial charge on any atom is 0.103 e. The topological polar surface area (TPSA) is 29.5 Å². The Morgan fingerprint density at radius 3 is 2.25 bits per heavy atom. The molecule has 0 radical (unpaired) electrons. The van der Waals surface area contributed by atoms with E-state index in [2.05, 4.69) is 22.5 Å². The summed E-state index contributed by atoms with van der Waals surface area (Å²) in [5.74, 6) is 1.53. The minimum absolute atomic E-state index is 0.222. The van der Waals surface area contributed by atoms with Crippen molar-refractivity contribution in [3.8, 4) is 0 Å². The van der Waals surface area contributed by atoms with Gasteiger partial charge in [-0.3, -0.25) is 0 Å². The molecule has 0 spiro atoms. The van der Waals surface area contributed by atoms with Crippen molar-refractivity contribution in [2.24, 2.45) is 0 Å². The third-order valence-corrected chi connectivity index (χ3v) is 1.81. The lowest BCUT2D eigenvalue weighted by atomic mass is 10.4. The number of hydrogen-bond donors (Lipinski definition) is 1. The van der Waals surface area contributed by atoms with Crippen molar-refractivity contribution >= 4 is 15.9 Å². The van der Waals surface area contributed by atoms with Gasteiger partial charge in [-0.15, -0.1) is 0 Å². The first-order valence-electron chi connectivity index (χ1n) is 3.50. The third kappa shape index (κ3) is 5.02. The van der Waals surface area contributed by atoms with Crippen LogP contribution >= 0.6 is 15.9 Å². The normalized spacial score (nSPS) is 13.8. The van der Waals surface area contributed by atoms with E-state index in [9.17, 15) is 0 Å². The Kier molecular flexibility index (Phi) is 4.74. The first-order valence-corrected chi connectivity index (χ1v) is 4.29. The number of aliphatic hydroxyl groups excluding tert-OH is 1. The van der Waals surface area contributed by atoms with Gasteiger partial charge in [-0.25, -0.2) is 0 Å². The Morgan fingerprint density at radius 1 is 1.42 bits per heavy atom. The molecule has 0 saturated heterocycles. The lowest BCUT2D eigenvalue weighted by Crippen LogP contribution is -1.85. The molecule has 0 bridgehead atoms. The van der Waals surface area contributed by atoms with Crippen LogP contribution in [0.15, 0.2) is 34.4 Å². The van der Waals surface area contributed by atoms with Crippen molar-refractivity contribution in [3.05, 3.63) is 34.4 Å². The average Bonchev–Trinajstić information content (AvgIpc) is 1.84. The van der Waals surface area contributed by atoms with Crippen LogP contribution in [0.5, 0.6) is 0 Å². The Hall–Kier alpha value is -0.700. The highest BCUT2D eigenvalue weighted by Crippen LogP contribution is 2.15. The molecule has 0 aromatic carbocycles. The van der Waals surface area contributed by atoms with Crippen LogP contribution in [0.3, 0.4) is 0 Å². The predicted molar refractivity (Wildman–Crippen MR) is 53.9 cm³/mol. The molecule has 0 aromatic rings. The molecule has 3 heteroatoms. The second-order valence-electron chi connectivity index (χ2n) is 2.49. The highest BCUT2D eigenvalue weighted by molar-refractivity contribution is 9.11. The lowest BCUT2D eigenvalue weighted by molar-refractivity contribution is 0.311. The quantitative estimate of drug-likeness (QED) is 0.595. The second-order valence-corrected chi connectivity index (χ2v) is 3.35. The smallest absolute Gasteiger partial charge is 0.103 e. The summed E-state index contributed by atoms with van der Waals surface area (Å²) in [6, 6.07) is 0. The number of ether oxygens (including phenoxy) is 1. The van der Waals surface area contributed by atoms with Crippen LogP contribution < -0.4 is 0 Å². The van der Waals surface area contributed by atoms with Gasteiger partial charge in [-0.1, -0.05) is 6.58 Å². The molecule has 0 aliphatic carbocycles. The maximum absolute atomic E-state index is 9.01. The van der Waals surface area contributed by atoms with Gasteiger partial charge in [0, 0.05) is 0 Å². The van der Waals surface area contributed by atoms with Gasteiger partial charge >= 0.3 is 0 Å². The monoisotopic (exact) mass is 232 g/mol. The summed E-state index contributed by atoms with van der Waals surface area (Å²) in [5, 5.41) is 9.01. The fourth-order valence-electron chi connectivity index (χ4n) is 0.587. The largest absolute Gasteiger partial charge is 0.511 e. The van der Waals surface area contributed by atoms with Crippen molar-refractivity contribution in [2.45, 2.75) is 20.8 Å². The summed E-state index contributed by atoms with van der Waals surface area (Å²) >= 11 is 3.18. The predicted octanol–water partition coefficient (Wildman–Crippen LogP) is 3.62. The fraction of sp³-hybridized carbons (Fsp3) is 0.333. The van der Waals surface area contributed by atoms with E-state index in [4.69, 9.17) is 9.84 Å². The zero-order valence-electron chi connectivity index (χ0n) is 7.52. The molecule has 0 aromatic heterocycles. The number of allylic oxidation sites excluding steroid dienone is 5. The Labute approximate surface area is 81.4 Å². The summed E-state index contributed by atoms with van der Waals surface area (Å²) in [4.78, 5) is 0. The van der Waals surface area contributed by atoms with Crippen molar-refractivity contribution in [2.75, 3.05) is 0 Å². The van der Waals surface area contributed by atoms with Gasteiger partial charge in [0.05, 0.1) is 10.2 Å². The molecule has 2 nitrogen and oxygen atoms in total. The number of hydrogen-bond acceptors (Lipinski definition) is 2. The van der Waals surface area contributed by atoms with E-state index in [-0.39, 0.29) is 5.76 Å². The van der Waals surface area contributed by atoms with Crippen LogP contribution in [0.25, 0.3) is 0 Å². The molecule has 0 atom stereocenters. The fourth-order valence-corrected chi connectivity index (χ4v) is 0.910. The van der Waals surface area contributed by atoms with E-state index in [1.54, 1.807) is 26.8 Å². The minimum Gasteiger partial charge on any atom is -0.511 e. The molecule has 0 aliphatic rings. The molecule has 0 aliphatic heterocycles. The van der Waals surface area contributed by atoms with Gasteiger partial charge in [0.2, 0.25) is 0 Å². The minimum atomic E-state index is 0.222. The molecule has 0 amide bonds. The van der Waals surface area contributed by atoms with Crippen molar-refractivity contribution < 1.29 is 9.84 Å². The zero-order valence-corrected chi connectivity index (χ0v) is 9.10. The van der Waals surface area contributed by atoms with Gasteiger partial charge in [0.25, 0.3) is 0 Å². The van der Waals surface area contributed by atoms with E-state index in [1.165, 1.54) is 0 Å². The summed E-state index contributed by atoms with van der Waals surface area (Å²) in [5.41, 5.74) is 0. The number of rotatable bonds is 3. The zero-order chi connectivity index (χ0) is 9.72. The van der Waals surface area contributed by atoms with Crippen LogP contribution in [-0.2, 0) is 4.74 Å². The number of halogens is 1. The molecule has 1 N–H and O–H groups in total. The van der Waals surface area contributed by atoms with Crippen LogP contribution in [0, 0.1) is 0 Å². The van der Waals surface area contributed by atoms with Gasteiger partial charge in [0.15, 0.2) is 0 Å². The second kappa shape index (κ2) is 5.04. The lowest BCUT2D eigenvalue weighted by Gasteiger charge is -2.03. The summed E-state index contributed by atoms with van der Waals surface area (Å²) in [6.45, 7) is 8.74. The van der Waals surface area contributed by atoms with Crippen LogP contribution in [0.4, 0.5) is 0 Å². The molecular formula is C9H13BrO2. The van der Waals surface area contributed by atoms with E-state index in [0.717, 1.165) is 0 Å². The van der Waals surface area contributed by atoms with Crippen LogP contribution in [0.1, 0.15) is 20.8 Å². The highest BCUT2D eigenvalue weighted by Gasteiger charge is 1.95. The van der Waals surface area contributed by atoms with Gasteiger partial charge in [-0.2, -0.15) is 0 Å². The summed E-state index contributed by atoms with van der Waals surface area (Å²) in [6.07, 6.45) is 1.68. The first-order chi connectivity index (χ1) is 5.43. The molecule has 0 unspecified atom stereocenters. The Balaban J connectivity index is 4.37. The van der Waals surface area contributed by atoms with Crippen LogP contribution in [-0.4, -0.2) is 5.11 Å². The SMILES string of the molecule is C=C(C)O/C(C)=C/C(Br)=C(\C)O. The summed E-state index contributed by atoms with van der Waals surface area (Å²) < 4.78 is 5.77. The molecule has 0 rings (SSSR count). The Morgan fingerprint density at radius 2 is 1.92 bits per heavy atom. The van der Waals surface area contributed by atoms with Crippen molar-refractivity contribution in [3.63, 3.8) is 0 Å². The van der Waals surface area contributed by atoms with Crippen molar-refractivity contribution in [1.82, 2.24) is 0 Å². The van der Waals surface area contributed by atoms with E-state index in [1.807, 2.05) is 0 Å². The maximum atomic E-state index is 9.01. The van der Waals surface area contributed by atoms with Gasteiger partial charge in [0.1, 0.15) is 11.5 Å². The molecule has 68 valence electrons. The molecule has 12 heavy (non-hydrogen) atoms. The van der Waals surface area contributed by atoms with E-state index in [0.29, 0.717) is 16.0 Å². The first kappa shape index (κ1) is 11.3. The molecular weight excluding hydrogens is 220 g/mol. The third-order valence-electron chi connectivity index (χ3n) is 1.01. The standard InChI is InChI=1S/C9H13BrO2/c1-6(2)12-7(3)5-9(10)8(4)11/h5,11H,1H2,2-4H3/b7-5+,9-8-. The number of aliphatic hydroxyl groups is 1. The average molecular weight is 233 g/mol. The van der Waals surface area contributed by atoms with E-state index < -0.39 is 0 Å². The van der Waals surface area contributed by atoms with Gasteiger partial charge in [-0.05, 0) is 42.8 Å². The van der Waals surface area contributed by atoms with Crippen molar-refractivity contribution in [1.29, 1.82) is 0 Å². The highest BCUT2D eigenvalue weighted by atomic mass is 79.9.